The Morgan fingerprint density at radius 1 is 1.53 bits per heavy atom. The number of benzene rings is 1. The van der Waals surface area contributed by atoms with Crippen molar-refractivity contribution >= 4 is 33.2 Å². The van der Waals surface area contributed by atoms with Crippen molar-refractivity contribution in [1.29, 1.82) is 0 Å². The van der Waals surface area contributed by atoms with Crippen LogP contribution in [-0.4, -0.2) is 20.3 Å². The first kappa shape index (κ1) is 13.4. The molecule has 1 rings (SSSR count). The van der Waals surface area contributed by atoms with Crippen LogP contribution >= 0.6 is 15.9 Å². The second kappa shape index (κ2) is 4.70. The van der Waals surface area contributed by atoms with Crippen molar-refractivity contribution < 1.29 is 14.8 Å². The molecule has 1 amide bonds. The normalized spacial score (nSPS) is 11.0. The number of nitro groups is 1. The van der Waals surface area contributed by atoms with Crippen LogP contribution in [0.5, 0.6) is 5.75 Å². The number of rotatable bonds is 3. The number of non-ortho nitro benzene ring substituents is 1. The third kappa shape index (κ3) is 3.42. The lowest BCUT2D eigenvalue weighted by atomic mass is 10.2. The van der Waals surface area contributed by atoms with Gasteiger partial charge in [0.25, 0.3) is 5.69 Å². The Bertz CT molecular complexity index is 468. The van der Waals surface area contributed by atoms with E-state index in [0.717, 1.165) is 18.2 Å². The Hall–Kier alpha value is -1.63. The minimum absolute atomic E-state index is 0.0109. The van der Waals surface area contributed by atoms with E-state index in [2.05, 4.69) is 21.2 Å². The molecule has 0 heterocycles. The molecule has 0 saturated heterocycles. The molecule has 0 aliphatic rings. The molecule has 0 fully saturated rings. The fraction of sp³-hybridized carbons (Fsp3) is 0.300. The maximum Gasteiger partial charge on any atom is 0.271 e. The smallest absolute Gasteiger partial charge is 0.271 e. The maximum atomic E-state index is 11.6. The van der Waals surface area contributed by atoms with Gasteiger partial charge < -0.3 is 10.4 Å². The summed E-state index contributed by atoms with van der Waals surface area (Å²) in [4.78, 5) is 21.6. The van der Waals surface area contributed by atoms with Crippen LogP contribution in [0, 0.1) is 10.1 Å². The second-order valence-corrected chi connectivity index (χ2v) is 5.87. The lowest BCUT2D eigenvalue weighted by molar-refractivity contribution is -0.384. The number of aromatic hydroxyl groups is 1. The average molecular weight is 303 g/mol. The molecule has 92 valence electrons. The highest BCUT2D eigenvalue weighted by molar-refractivity contribution is 9.10. The van der Waals surface area contributed by atoms with Gasteiger partial charge in [0.2, 0.25) is 5.91 Å². The Morgan fingerprint density at radius 2 is 2.12 bits per heavy atom. The van der Waals surface area contributed by atoms with E-state index < -0.39 is 15.2 Å². The molecule has 6 nitrogen and oxygen atoms in total. The summed E-state index contributed by atoms with van der Waals surface area (Å²) in [5, 5.41) is 22.4. The first-order chi connectivity index (χ1) is 7.71. The predicted octanol–water partition coefficient (Wildman–Crippen LogP) is 2.41. The van der Waals surface area contributed by atoms with E-state index in [1.165, 1.54) is 0 Å². The van der Waals surface area contributed by atoms with Gasteiger partial charge in [0.15, 0.2) is 0 Å². The van der Waals surface area contributed by atoms with Crippen LogP contribution < -0.4 is 5.32 Å². The Labute approximate surface area is 106 Å². The summed E-state index contributed by atoms with van der Waals surface area (Å²) in [5.41, 5.74) is -0.192. The van der Waals surface area contributed by atoms with E-state index in [1.54, 1.807) is 13.8 Å². The molecule has 0 spiro atoms. The monoisotopic (exact) mass is 302 g/mol. The molecule has 0 aliphatic carbocycles. The molecule has 0 saturated carbocycles. The SMILES string of the molecule is CC(C)(Br)C(=O)Nc1cc([N+](=O)[O-])ccc1O. The molecule has 1 aromatic carbocycles. The second-order valence-electron chi connectivity index (χ2n) is 3.89. The fourth-order valence-electron chi connectivity index (χ4n) is 1.01. The highest BCUT2D eigenvalue weighted by atomic mass is 79.9. The van der Waals surface area contributed by atoms with Gasteiger partial charge in [-0.15, -0.1) is 0 Å². The quantitative estimate of drug-likeness (QED) is 0.388. The summed E-state index contributed by atoms with van der Waals surface area (Å²) in [6, 6.07) is 3.42. The number of carbonyl (C=O) groups is 1. The molecule has 0 unspecified atom stereocenters. The van der Waals surface area contributed by atoms with Gasteiger partial charge in [-0.05, 0) is 19.9 Å². The van der Waals surface area contributed by atoms with E-state index in [4.69, 9.17) is 0 Å². The number of phenolic OH excluding ortho intramolecular Hbond substituents is 1. The number of anilines is 1. The zero-order valence-electron chi connectivity index (χ0n) is 9.23. The third-order valence-electron chi connectivity index (χ3n) is 1.98. The molecular formula is C10H11BrN2O4. The highest BCUT2D eigenvalue weighted by Gasteiger charge is 2.25. The van der Waals surface area contributed by atoms with Crippen LogP contribution in [0.3, 0.4) is 0 Å². The van der Waals surface area contributed by atoms with Crippen LogP contribution in [0.25, 0.3) is 0 Å². The number of halogens is 1. The molecular weight excluding hydrogens is 292 g/mol. The zero-order valence-corrected chi connectivity index (χ0v) is 10.8. The summed E-state index contributed by atoms with van der Waals surface area (Å²) in [6.07, 6.45) is 0. The van der Waals surface area contributed by atoms with Crippen molar-refractivity contribution in [2.75, 3.05) is 5.32 Å². The minimum Gasteiger partial charge on any atom is -0.506 e. The lowest BCUT2D eigenvalue weighted by Crippen LogP contribution is -2.30. The lowest BCUT2D eigenvalue weighted by Gasteiger charge is -2.16. The number of carbonyl (C=O) groups excluding carboxylic acids is 1. The van der Waals surface area contributed by atoms with Crippen molar-refractivity contribution in [2.24, 2.45) is 0 Å². The topological polar surface area (TPSA) is 92.5 Å². The first-order valence-electron chi connectivity index (χ1n) is 4.69. The van der Waals surface area contributed by atoms with Gasteiger partial charge in [-0.25, -0.2) is 0 Å². The average Bonchev–Trinajstić information content (AvgIpc) is 2.19. The van der Waals surface area contributed by atoms with E-state index >= 15 is 0 Å². The Morgan fingerprint density at radius 3 is 2.59 bits per heavy atom. The molecule has 0 radical (unpaired) electrons. The van der Waals surface area contributed by atoms with Gasteiger partial charge in [0.05, 0.1) is 14.9 Å². The Kier molecular flexibility index (Phi) is 3.72. The number of amides is 1. The number of hydrogen-bond acceptors (Lipinski definition) is 4. The van der Waals surface area contributed by atoms with Crippen molar-refractivity contribution in [3.8, 4) is 5.75 Å². The molecule has 0 aliphatic heterocycles. The molecule has 0 atom stereocenters. The first-order valence-corrected chi connectivity index (χ1v) is 5.49. The van der Waals surface area contributed by atoms with Crippen LogP contribution in [0.15, 0.2) is 18.2 Å². The molecule has 1 aromatic rings. The number of phenols is 1. The van der Waals surface area contributed by atoms with Gasteiger partial charge in [-0.1, -0.05) is 15.9 Å². The number of alkyl halides is 1. The van der Waals surface area contributed by atoms with Crippen molar-refractivity contribution in [3.63, 3.8) is 0 Å². The van der Waals surface area contributed by atoms with Crippen LogP contribution in [0.2, 0.25) is 0 Å². The predicted molar refractivity (Wildman–Crippen MR) is 66.4 cm³/mol. The summed E-state index contributed by atoms with van der Waals surface area (Å²) in [7, 11) is 0. The minimum atomic E-state index is -0.829. The van der Waals surface area contributed by atoms with Gasteiger partial charge in [-0.2, -0.15) is 0 Å². The van der Waals surface area contributed by atoms with Gasteiger partial charge >= 0.3 is 0 Å². The van der Waals surface area contributed by atoms with E-state index in [1.807, 2.05) is 0 Å². The number of nitrogens with zero attached hydrogens (tertiary/aromatic N) is 1. The summed E-state index contributed by atoms with van der Waals surface area (Å²) in [5.74, 6) is -0.631. The largest absolute Gasteiger partial charge is 0.506 e. The Balaban J connectivity index is 3.02. The maximum absolute atomic E-state index is 11.6. The highest BCUT2D eigenvalue weighted by Crippen LogP contribution is 2.29. The number of hydrogen-bond donors (Lipinski definition) is 2. The van der Waals surface area contributed by atoms with E-state index in [0.29, 0.717) is 0 Å². The van der Waals surface area contributed by atoms with Crippen molar-refractivity contribution in [3.05, 3.63) is 28.3 Å². The van der Waals surface area contributed by atoms with Crippen LogP contribution in [0.4, 0.5) is 11.4 Å². The molecule has 0 bridgehead atoms. The molecule has 7 heteroatoms. The van der Waals surface area contributed by atoms with Gasteiger partial charge in [0, 0.05) is 12.1 Å². The fourth-order valence-corrected chi connectivity index (χ4v) is 1.11. The molecule has 17 heavy (non-hydrogen) atoms. The number of nitrogens with one attached hydrogen (secondary N) is 1. The third-order valence-corrected chi connectivity index (χ3v) is 2.34. The summed E-state index contributed by atoms with van der Waals surface area (Å²) < 4.78 is -0.829. The van der Waals surface area contributed by atoms with Crippen molar-refractivity contribution in [2.45, 2.75) is 18.2 Å². The summed E-state index contributed by atoms with van der Waals surface area (Å²) >= 11 is 3.15. The molecule has 0 aromatic heterocycles. The van der Waals surface area contributed by atoms with E-state index in [9.17, 15) is 20.0 Å². The summed E-state index contributed by atoms with van der Waals surface area (Å²) in [6.45, 7) is 3.24. The van der Waals surface area contributed by atoms with Gasteiger partial charge in [-0.3, -0.25) is 14.9 Å². The zero-order chi connectivity index (χ0) is 13.2. The van der Waals surface area contributed by atoms with E-state index in [-0.39, 0.29) is 17.1 Å². The molecule has 2 N–H and O–H groups in total. The van der Waals surface area contributed by atoms with Gasteiger partial charge in [0.1, 0.15) is 5.75 Å². The standard InChI is InChI=1S/C10H11BrN2O4/c1-10(2,11)9(15)12-7-5-6(13(16)17)3-4-8(7)14/h3-5,14H,1-2H3,(H,12,15). The van der Waals surface area contributed by atoms with Crippen LogP contribution in [0.1, 0.15) is 13.8 Å². The number of nitro benzene ring substituents is 1. The van der Waals surface area contributed by atoms with Crippen LogP contribution in [-0.2, 0) is 4.79 Å². The van der Waals surface area contributed by atoms with Crippen molar-refractivity contribution in [1.82, 2.24) is 0 Å².